The molecule has 0 aromatic heterocycles. The third-order valence-electron chi connectivity index (χ3n) is 8.56. The van der Waals surface area contributed by atoms with Crippen LogP contribution in [-0.4, -0.2) is 71.8 Å². The second-order valence-corrected chi connectivity index (χ2v) is 11.3. The van der Waals surface area contributed by atoms with Gasteiger partial charge in [0, 0.05) is 58.2 Å². The maximum absolute atomic E-state index is 14.0. The molecule has 230 valence electrons. The average molecular weight is 602 g/mol. The molecule has 2 heterocycles. The number of benzene rings is 2. The molecular formula is C30H34F7N3O2. The Morgan fingerprint density at radius 2 is 1.50 bits per heavy atom. The van der Waals surface area contributed by atoms with Crippen molar-refractivity contribution in [2.24, 2.45) is 0 Å². The van der Waals surface area contributed by atoms with Crippen LogP contribution in [0.25, 0.3) is 0 Å². The van der Waals surface area contributed by atoms with Crippen molar-refractivity contribution < 1.29 is 40.3 Å². The van der Waals surface area contributed by atoms with Crippen molar-refractivity contribution in [3.8, 4) is 0 Å². The van der Waals surface area contributed by atoms with Gasteiger partial charge in [0.2, 0.25) is 11.8 Å². The maximum Gasteiger partial charge on any atom is 0.416 e. The number of aryl methyl sites for hydroxylation is 1. The first-order chi connectivity index (χ1) is 19.5. The van der Waals surface area contributed by atoms with Crippen molar-refractivity contribution in [3.05, 3.63) is 70.0 Å². The molecule has 0 bridgehead atoms. The summed E-state index contributed by atoms with van der Waals surface area (Å²) < 4.78 is 94.2. The van der Waals surface area contributed by atoms with Gasteiger partial charge in [-0.15, -0.1) is 0 Å². The van der Waals surface area contributed by atoms with Gasteiger partial charge in [-0.05, 0) is 73.2 Å². The molecule has 4 rings (SSSR count). The molecule has 2 amide bonds. The van der Waals surface area contributed by atoms with Gasteiger partial charge in [0.25, 0.3) is 0 Å². The number of carbonyl (C=O) groups excluding carboxylic acids is 2. The van der Waals surface area contributed by atoms with E-state index in [1.54, 1.807) is 17.9 Å². The molecule has 0 radical (unpaired) electrons. The first-order valence-electron chi connectivity index (χ1n) is 13.8. The number of likely N-dealkylation sites (N-methyl/N-ethyl adjacent to an activating group) is 1. The number of amides is 2. The number of alkyl halides is 6. The summed E-state index contributed by atoms with van der Waals surface area (Å²) >= 11 is 0. The summed E-state index contributed by atoms with van der Waals surface area (Å²) in [4.78, 5) is 30.7. The molecule has 2 atom stereocenters. The summed E-state index contributed by atoms with van der Waals surface area (Å²) in [6.45, 7) is 5.72. The molecule has 0 N–H and O–H groups in total. The topological polar surface area (TPSA) is 43.9 Å². The quantitative estimate of drug-likeness (QED) is 0.393. The monoisotopic (exact) mass is 601 g/mol. The molecule has 0 saturated carbocycles. The number of halogens is 7. The molecule has 12 heteroatoms. The predicted octanol–water partition coefficient (Wildman–Crippen LogP) is 6.04. The van der Waals surface area contributed by atoms with Gasteiger partial charge in [0.15, 0.2) is 0 Å². The Morgan fingerprint density at radius 1 is 0.905 bits per heavy atom. The summed E-state index contributed by atoms with van der Waals surface area (Å²) in [6, 6.07) is 5.41. The molecule has 0 aliphatic carbocycles. The Balaban J connectivity index is 1.58. The van der Waals surface area contributed by atoms with Crippen LogP contribution in [0, 0.1) is 12.7 Å². The highest BCUT2D eigenvalue weighted by molar-refractivity contribution is 5.79. The minimum absolute atomic E-state index is 0.0234. The second kappa shape index (κ2) is 12.2. The Labute approximate surface area is 240 Å². The van der Waals surface area contributed by atoms with E-state index in [1.807, 2.05) is 0 Å². The van der Waals surface area contributed by atoms with Crippen LogP contribution in [-0.2, 0) is 28.4 Å². The van der Waals surface area contributed by atoms with E-state index < -0.39 is 47.7 Å². The Hall–Kier alpha value is -3.15. The molecule has 2 aliphatic heterocycles. The summed E-state index contributed by atoms with van der Waals surface area (Å²) in [7, 11) is 1.51. The minimum atomic E-state index is -5.01. The third-order valence-corrected chi connectivity index (χ3v) is 8.56. The van der Waals surface area contributed by atoms with Crippen molar-refractivity contribution in [2.75, 3.05) is 33.2 Å². The van der Waals surface area contributed by atoms with Gasteiger partial charge in [-0.1, -0.05) is 6.07 Å². The standard InChI is InChI=1S/C30H34F7N3O2/c1-18-12-23(31)4-5-25(18)26-17-40(24-6-9-39(10-7-24)19(2)41)11-8-27(26)38(3)28(42)15-20-13-21(29(32,33)34)16-22(14-20)30(35,36)37/h4-5,12-14,16,24,26-27H,6-11,15,17H2,1-3H3/t26-,27+/m1/s1. The van der Waals surface area contributed by atoms with Crippen LogP contribution in [0.2, 0.25) is 0 Å². The van der Waals surface area contributed by atoms with Crippen LogP contribution in [0.5, 0.6) is 0 Å². The highest BCUT2D eigenvalue weighted by Gasteiger charge is 2.40. The number of hydrogen-bond donors (Lipinski definition) is 0. The van der Waals surface area contributed by atoms with E-state index in [1.165, 1.54) is 31.0 Å². The second-order valence-electron chi connectivity index (χ2n) is 11.3. The highest BCUT2D eigenvalue weighted by Crippen LogP contribution is 2.38. The van der Waals surface area contributed by atoms with E-state index in [0.29, 0.717) is 50.3 Å². The fourth-order valence-corrected chi connectivity index (χ4v) is 6.27. The van der Waals surface area contributed by atoms with E-state index in [0.717, 1.165) is 18.4 Å². The summed E-state index contributed by atoms with van der Waals surface area (Å²) in [6.07, 6.45) is -8.58. The number of nitrogens with zero attached hydrogens (tertiary/aromatic N) is 3. The molecule has 42 heavy (non-hydrogen) atoms. The van der Waals surface area contributed by atoms with Crippen molar-refractivity contribution in [1.82, 2.24) is 14.7 Å². The van der Waals surface area contributed by atoms with Gasteiger partial charge in [0.05, 0.1) is 17.5 Å². The zero-order valence-electron chi connectivity index (χ0n) is 23.7. The van der Waals surface area contributed by atoms with Crippen molar-refractivity contribution in [1.29, 1.82) is 0 Å². The van der Waals surface area contributed by atoms with Gasteiger partial charge in [-0.25, -0.2) is 4.39 Å². The van der Waals surface area contributed by atoms with Crippen LogP contribution in [0.4, 0.5) is 30.7 Å². The van der Waals surface area contributed by atoms with Crippen LogP contribution in [0.1, 0.15) is 59.9 Å². The Bertz CT molecular complexity index is 1270. The normalized spacial score (nSPS) is 21.0. The predicted molar refractivity (Wildman–Crippen MR) is 142 cm³/mol. The Morgan fingerprint density at radius 3 is 2.02 bits per heavy atom. The molecule has 2 aliphatic rings. The van der Waals surface area contributed by atoms with Gasteiger partial charge in [-0.2, -0.15) is 26.3 Å². The van der Waals surface area contributed by atoms with Crippen LogP contribution < -0.4 is 0 Å². The number of hydrogen-bond acceptors (Lipinski definition) is 3. The number of carbonyl (C=O) groups is 2. The first-order valence-corrected chi connectivity index (χ1v) is 13.8. The van der Waals surface area contributed by atoms with Crippen LogP contribution in [0.3, 0.4) is 0 Å². The van der Waals surface area contributed by atoms with E-state index in [2.05, 4.69) is 4.90 Å². The Kier molecular flexibility index (Phi) is 9.25. The molecule has 5 nitrogen and oxygen atoms in total. The lowest BCUT2D eigenvalue weighted by atomic mass is 9.81. The lowest BCUT2D eigenvalue weighted by Gasteiger charge is -2.47. The lowest BCUT2D eigenvalue weighted by Crippen LogP contribution is -2.55. The molecular weight excluding hydrogens is 567 g/mol. The zero-order valence-corrected chi connectivity index (χ0v) is 23.7. The summed E-state index contributed by atoms with van der Waals surface area (Å²) in [5, 5.41) is 0. The summed E-state index contributed by atoms with van der Waals surface area (Å²) in [5.41, 5.74) is -1.80. The van der Waals surface area contributed by atoms with E-state index >= 15 is 0 Å². The van der Waals surface area contributed by atoms with Crippen LogP contribution in [0.15, 0.2) is 36.4 Å². The van der Waals surface area contributed by atoms with Crippen molar-refractivity contribution in [2.45, 2.75) is 69.9 Å². The fraction of sp³-hybridized carbons (Fsp3) is 0.533. The first kappa shape index (κ1) is 31.8. The van der Waals surface area contributed by atoms with E-state index in [-0.39, 0.29) is 29.5 Å². The largest absolute Gasteiger partial charge is 0.416 e. The molecule has 2 aromatic rings. The SMILES string of the molecule is CC(=O)N1CCC(N2CC[C@H](N(C)C(=O)Cc3cc(C(F)(F)F)cc(C(F)(F)F)c3)[C@@H](c3ccc(F)cc3C)C2)CC1. The molecule has 0 spiro atoms. The van der Waals surface area contributed by atoms with Gasteiger partial charge in [-0.3, -0.25) is 14.5 Å². The molecule has 2 saturated heterocycles. The summed E-state index contributed by atoms with van der Waals surface area (Å²) in [5.74, 6) is -1.27. The molecule has 0 unspecified atom stereocenters. The van der Waals surface area contributed by atoms with E-state index in [9.17, 15) is 40.3 Å². The average Bonchev–Trinajstić information content (AvgIpc) is 2.91. The lowest BCUT2D eigenvalue weighted by molar-refractivity contribution is -0.143. The number of piperidine rings is 2. The van der Waals surface area contributed by atoms with Gasteiger partial charge < -0.3 is 9.80 Å². The van der Waals surface area contributed by atoms with E-state index in [4.69, 9.17) is 0 Å². The molecule has 2 fully saturated rings. The van der Waals surface area contributed by atoms with Crippen molar-refractivity contribution in [3.63, 3.8) is 0 Å². The zero-order chi connectivity index (χ0) is 31.0. The number of likely N-dealkylation sites (tertiary alicyclic amines) is 2. The number of rotatable bonds is 5. The highest BCUT2D eigenvalue weighted by atomic mass is 19.4. The van der Waals surface area contributed by atoms with Gasteiger partial charge in [0.1, 0.15) is 5.82 Å². The van der Waals surface area contributed by atoms with Crippen LogP contribution >= 0.6 is 0 Å². The van der Waals surface area contributed by atoms with Crippen molar-refractivity contribution >= 4 is 11.8 Å². The molecule has 2 aromatic carbocycles. The fourth-order valence-electron chi connectivity index (χ4n) is 6.27. The smallest absolute Gasteiger partial charge is 0.343 e. The maximum atomic E-state index is 14.0. The third kappa shape index (κ3) is 7.25. The van der Waals surface area contributed by atoms with Gasteiger partial charge >= 0.3 is 12.4 Å². The minimum Gasteiger partial charge on any atom is -0.343 e.